The van der Waals surface area contributed by atoms with Crippen LogP contribution in [0.3, 0.4) is 0 Å². The molecule has 0 saturated heterocycles. The van der Waals surface area contributed by atoms with Crippen molar-refractivity contribution in [3.63, 3.8) is 0 Å². The fraction of sp³-hybridized carbons (Fsp3) is 0.595. The molecule has 47 heavy (non-hydrogen) atoms. The quantitative estimate of drug-likeness (QED) is 0.133. The molecule has 2 aromatic carbocycles. The van der Waals surface area contributed by atoms with Crippen molar-refractivity contribution in [1.82, 2.24) is 15.5 Å². The standard InChI is InChI=1S/C37H55N3O7/c1-8-44-33(45-9-2)24-40(23-21-26(3)4)34(41)32(20-14-15-22-38-35(42)47-37(5,6)7)39-36(43)46-25-31-29-18-12-10-16-27(29)28-17-11-13-19-30(28)31/h10-13,16-19,26,31-33H,8-9,14-15,20-25H2,1-7H3,(H,38,42)(H,39,43). The summed E-state index contributed by atoms with van der Waals surface area (Å²) in [7, 11) is 0. The highest BCUT2D eigenvalue weighted by Crippen LogP contribution is 2.44. The third kappa shape index (κ3) is 12.2. The van der Waals surface area contributed by atoms with Crippen LogP contribution >= 0.6 is 0 Å². The fourth-order valence-electron chi connectivity index (χ4n) is 5.65. The Morgan fingerprint density at radius 2 is 1.45 bits per heavy atom. The lowest BCUT2D eigenvalue weighted by atomic mass is 9.98. The molecule has 3 amide bonds. The van der Waals surface area contributed by atoms with Crippen molar-refractivity contribution in [3.05, 3.63) is 59.7 Å². The van der Waals surface area contributed by atoms with Gasteiger partial charge in [-0.15, -0.1) is 0 Å². The minimum atomic E-state index is -0.830. The van der Waals surface area contributed by atoms with Gasteiger partial charge in [-0.3, -0.25) is 4.79 Å². The van der Waals surface area contributed by atoms with Crippen molar-refractivity contribution < 1.29 is 33.3 Å². The smallest absolute Gasteiger partial charge is 0.407 e. The number of benzene rings is 2. The zero-order valence-electron chi connectivity index (χ0n) is 29.3. The molecule has 1 aliphatic carbocycles. The monoisotopic (exact) mass is 653 g/mol. The Balaban J connectivity index is 1.71. The molecule has 0 spiro atoms. The number of rotatable bonds is 18. The summed E-state index contributed by atoms with van der Waals surface area (Å²) in [6.45, 7) is 15.6. The van der Waals surface area contributed by atoms with Crippen LogP contribution in [-0.4, -0.2) is 80.4 Å². The number of amides is 3. The summed E-state index contributed by atoms with van der Waals surface area (Å²) in [5.41, 5.74) is 3.93. The van der Waals surface area contributed by atoms with Gasteiger partial charge in [-0.1, -0.05) is 62.4 Å². The van der Waals surface area contributed by atoms with Gasteiger partial charge in [-0.05, 0) is 88.5 Å². The molecule has 1 aliphatic rings. The molecule has 2 N–H and O–H groups in total. The highest BCUT2D eigenvalue weighted by molar-refractivity contribution is 5.86. The first-order chi connectivity index (χ1) is 22.4. The highest BCUT2D eigenvalue weighted by Gasteiger charge is 2.31. The normalized spacial score (nSPS) is 13.2. The molecule has 2 aromatic rings. The molecule has 0 radical (unpaired) electrons. The van der Waals surface area contributed by atoms with Gasteiger partial charge in [0.1, 0.15) is 18.2 Å². The van der Waals surface area contributed by atoms with Gasteiger partial charge in [-0.2, -0.15) is 0 Å². The molecule has 0 aliphatic heterocycles. The maximum Gasteiger partial charge on any atom is 0.407 e. The van der Waals surface area contributed by atoms with Crippen LogP contribution in [0.15, 0.2) is 48.5 Å². The number of nitrogens with zero attached hydrogens (tertiary/aromatic N) is 1. The Morgan fingerprint density at radius 3 is 2.00 bits per heavy atom. The summed E-state index contributed by atoms with van der Waals surface area (Å²) in [6.07, 6.45) is 0.621. The summed E-state index contributed by atoms with van der Waals surface area (Å²) < 4.78 is 22.7. The van der Waals surface area contributed by atoms with Crippen molar-refractivity contribution in [1.29, 1.82) is 0 Å². The largest absolute Gasteiger partial charge is 0.449 e. The van der Waals surface area contributed by atoms with Crippen molar-refractivity contribution >= 4 is 18.1 Å². The minimum absolute atomic E-state index is 0.0955. The lowest BCUT2D eigenvalue weighted by Gasteiger charge is -2.31. The average molecular weight is 654 g/mol. The first-order valence-corrected chi connectivity index (χ1v) is 17.0. The van der Waals surface area contributed by atoms with Crippen molar-refractivity contribution in [2.75, 3.05) is 39.5 Å². The van der Waals surface area contributed by atoms with Crippen LogP contribution in [0.25, 0.3) is 11.1 Å². The second-order valence-electron chi connectivity index (χ2n) is 13.3. The SMILES string of the molecule is CCOC(CN(CCC(C)C)C(=O)C(CCCCNC(=O)OC(C)(C)C)NC(=O)OCC1c2ccccc2-c2ccccc21)OCC. The molecule has 10 nitrogen and oxygen atoms in total. The van der Waals surface area contributed by atoms with Crippen LogP contribution in [0.2, 0.25) is 0 Å². The maximum atomic E-state index is 14.1. The summed E-state index contributed by atoms with van der Waals surface area (Å²) in [6, 6.07) is 15.5. The van der Waals surface area contributed by atoms with Crippen LogP contribution in [0.4, 0.5) is 9.59 Å². The molecule has 0 heterocycles. The zero-order valence-corrected chi connectivity index (χ0v) is 29.3. The lowest BCUT2D eigenvalue weighted by Crippen LogP contribution is -2.51. The minimum Gasteiger partial charge on any atom is -0.449 e. The topological polar surface area (TPSA) is 115 Å². The van der Waals surface area contributed by atoms with Crippen LogP contribution in [0.5, 0.6) is 0 Å². The predicted molar refractivity (Wildman–Crippen MR) is 183 cm³/mol. The number of alkyl carbamates (subject to hydrolysis) is 2. The van der Waals surface area contributed by atoms with Gasteiger partial charge in [0.15, 0.2) is 6.29 Å². The number of fused-ring (bicyclic) bond motifs is 3. The second-order valence-corrected chi connectivity index (χ2v) is 13.3. The predicted octanol–water partition coefficient (Wildman–Crippen LogP) is 6.86. The van der Waals surface area contributed by atoms with E-state index in [1.165, 1.54) is 0 Å². The molecule has 10 heteroatoms. The van der Waals surface area contributed by atoms with Crippen LogP contribution in [-0.2, 0) is 23.7 Å². The van der Waals surface area contributed by atoms with Crippen molar-refractivity contribution in [2.45, 2.75) is 98.0 Å². The molecular formula is C37H55N3O7. The number of unbranched alkanes of at least 4 members (excludes halogenated alkanes) is 1. The van der Waals surface area contributed by atoms with Gasteiger partial charge in [0.25, 0.3) is 0 Å². The van der Waals surface area contributed by atoms with Crippen LogP contribution < -0.4 is 10.6 Å². The molecule has 1 atom stereocenters. The Bertz CT molecular complexity index is 1240. The number of carbonyl (C=O) groups is 3. The van der Waals surface area contributed by atoms with E-state index in [-0.39, 0.29) is 25.0 Å². The first-order valence-electron chi connectivity index (χ1n) is 17.0. The number of ether oxygens (including phenoxy) is 4. The van der Waals surface area contributed by atoms with Crippen molar-refractivity contribution in [2.24, 2.45) is 5.92 Å². The van der Waals surface area contributed by atoms with Gasteiger partial charge in [0.2, 0.25) is 5.91 Å². The van der Waals surface area contributed by atoms with Gasteiger partial charge in [0, 0.05) is 32.2 Å². The number of hydrogen-bond acceptors (Lipinski definition) is 7. The summed E-state index contributed by atoms with van der Waals surface area (Å²) in [5, 5.41) is 5.64. The Hall–Kier alpha value is -3.63. The van der Waals surface area contributed by atoms with E-state index < -0.39 is 30.1 Å². The average Bonchev–Trinajstić information content (AvgIpc) is 3.33. The number of hydrogen-bond donors (Lipinski definition) is 2. The Morgan fingerprint density at radius 1 is 0.851 bits per heavy atom. The first kappa shape index (κ1) is 37.8. The molecule has 0 aromatic heterocycles. The van der Waals surface area contributed by atoms with Crippen molar-refractivity contribution in [3.8, 4) is 11.1 Å². The van der Waals surface area contributed by atoms with E-state index >= 15 is 0 Å². The summed E-state index contributed by atoms with van der Waals surface area (Å²) in [5.74, 6) is 0.0565. The molecule has 0 fully saturated rings. The number of nitrogens with one attached hydrogen (secondary N) is 2. The highest BCUT2D eigenvalue weighted by atomic mass is 16.7. The third-order valence-electron chi connectivity index (χ3n) is 7.88. The van der Waals surface area contributed by atoms with Crippen LogP contribution in [0, 0.1) is 5.92 Å². The van der Waals surface area contributed by atoms with Crippen LogP contribution in [0.1, 0.15) is 91.2 Å². The van der Waals surface area contributed by atoms with E-state index in [0.29, 0.717) is 51.5 Å². The molecule has 1 unspecified atom stereocenters. The Kier molecular flexibility index (Phi) is 15.0. The lowest BCUT2D eigenvalue weighted by molar-refractivity contribution is -0.160. The molecule has 0 saturated carbocycles. The van der Waals surface area contributed by atoms with E-state index in [4.69, 9.17) is 18.9 Å². The van der Waals surface area contributed by atoms with E-state index in [1.807, 2.05) is 58.9 Å². The van der Waals surface area contributed by atoms with Gasteiger partial charge in [0.05, 0.1) is 6.54 Å². The molecule has 0 bridgehead atoms. The Labute approximate surface area is 280 Å². The van der Waals surface area contributed by atoms with E-state index in [9.17, 15) is 14.4 Å². The van der Waals surface area contributed by atoms with Gasteiger partial charge >= 0.3 is 12.2 Å². The molecule has 3 rings (SSSR count). The maximum absolute atomic E-state index is 14.1. The summed E-state index contributed by atoms with van der Waals surface area (Å²) in [4.78, 5) is 41.2. The van der Waals surface area contributed by atoms with Gasteiger partial charge in [-0.25, -0.2) is 9.59 Å². The molecule has 260 valence electrons. The number of carbonyl (C=O) groups excluding carboxylic acids is 3. The fourth-order valence-corrected chi connectivity index (χ4v) is 5.65. The third-order valence-corrected chi connectivity index (χ3v) is 7.88. The van der Waals surface area contributed by atoms with E-state index in [2.05, 4.69) is 48.7 Å². The van der Waals surface area contributed by atoms with E-state index in [1.54, 1.807) is 4.90 Å². The van der Waals surface area contributed by atoms with E-state index in [0.717, 1.165) is 28.7 Å². The van der Waals surface area contributed by atoms with Gasteiger partial charge < -0.3 is 34.5 Å². The summed E-state index contributed by atoms with van der Waals surface area (Å²) >= 11 is 0. The molecular weight excluding hydrogens is 598 g/mol. The second kappa shape index (κ2) is 18.6. The zero-order chi connectivity index (χ0) is 34.4.